The van der Waals surface area contributed by atoms with Crippen LogP contribution in [0.25, 0.3) is 0 Å². The summed E-state index contributed by atoms with van der Waals surface area (Å²) in [6.07, 6.45) is 3.42. The molecule has 8 nitrogen and oxygen atoms in total. The first-order valence-corrected chi connectivity index (χ1v) is 6.60. The normalized spacial score (nSPS) is 18.9. The largest absolute Gasteiger partial charge is 0.476 e. The zero-order chi connectivity index (χ0) is 14.5. The van der Waals surface area contributed by atoms with Crippen LogP contribution < -0.4 is 15.0 Å². The lowest BCUT2D eigenvalue weighted by atomic mass is 9.98. The predicted molar refractivity (Wildman–Crippen MR) is 74.1 cm³/mol. The second kappa shape index (κ2) is 6.47. The Morgan fingerprint density at radius 1 is 1.60 bits per heavy atom. The fraction of sp³-hybridized carbons (Fsp3) is 0.667. The number of hydrogen-bond acceptors (Lipinski definition) is 7. The SMILES string of the molecule is CNCC1CCCN(c2ncnc(OC)c2[N+](=O)[O-])C1. The summed E-state index contributed by atoms with van der Waals surface area (Å²) in [5.41, 5.74) is -0.153. The van der Waals surface area contributed by atoms with Gasteiger partial charge in [0.2, 0.25) is 5.82 Å². The number of rotatable bonds is 5. The van der Waals surface area contributed by atoms with E-state index in [9.17, 15) is 10.1 Å². The predicted octanol–water partition coefficient (Wildman–Crippen LogP) is 0.829. The first kappa shape index (κ1) is 14.4. The van der Waals surface area contributed by atoms with E-state index < -0.39 is 4.92 Å². The Balaban J connectivity index is 2.29. The van der Waals surface area contributed by atoms with Crippen LogP contribution in [-0.4, -0.2) is 48.7 Å². The van der Waals surface area contributed by atoms with Gasteiger partial charge in [-0.25, -0.2) is 4.98 Å². The minimum atomic E-state index is -0.476. The van der Waals surface area contributed by atoms with Crippen molar-refractivity contribution < 1.29 is 9.66 Å². The van der Waals surface area contributed by atoms with Gasteiger partial charge in [0.15, 0.2) is 0 Å². The van der Waals surface area contributed by atoms with Crippen LogP contribution in [0.15, 0.2) is 6.33 Å². The fourth-order valence-electron chi connectivity index (χ4n) is 2.61. The molecule has 1 N–H and O–H groups in total. The number of nitrogens with one attached hydrogen (secondary N) is 1. The van der Waals surface area contributed by atoms with Crippen molar-refractivity contribution in [1.82, 2.24) is 15.3 Å². The molecule has 1 aliphatic heterocycles. The van der Waals surface area contributed by atoms with E-state index in [4.69, 9.17) is 4.74 Å². The van der Waals surface area contributed by atoms with Crippen molar-refractivity contribution in [2.45, 2.75) is 12.8 Å². The summed E-state index contributed by atoms with van der Waals surface area (Å²) >= 11 is 0. The van der Waals surface area contributed by atoms with Gasteiger partial charge in [-0.05, 0) is 32.4 Å². The maximum atomic E-state index is 11.3. The molecule has 1 saturated heterocycles. The molecule has 0 spiro atoms. The molecule has 1 atom stereocenters. The topological polar surface area (TPSA) is 93.4 Å². The number of methoxy groups -OCH3 is 1. The van der Waals surface area contributed by atoms with Gasteiger partial charge in [0.1, 0.15) is 6.33 Å². The molecule has 2 rings (SSSR count). The average Bonchev–Trinajstić information content (AvgIpc) is 2.47. The van der Waals surface area contributed by atoms with E-state index in [1.165, 1.54) is 13.4 Å². The lowest BCUT2D eigenvalue weighted by Gasteiger charge is -2.33. The second-order valence-electron chi connectivity index (χ2n) is 4.82. The summed E-state index contributed by atoms with van der Waals surface area (Å²) in [4.78, 5) is 20.6. The van der Waals surface area contributed by atoms with E-state index in [-0.39, 0.29) is 11.6 Å². The van der Waals surface area contributed by atoms with Crippen LogP contribution >= 0.6 is 0 Å². The van der Waals surface area contributed by atoms with Crippen molar-refractivity contribution >= 4 is 11.5 Å². The molecule has 0 aromatic carbocycles. The van der Waals surface area contributed by atoms with Crippen LogP contribution in [-0.2, 0) is 0 Å². The fourth-order valence-corrected chi connectivity index (χ4v) is 2.61. The first-order chi connectivity index (χ1) is 9.67. The van der Waals surface area contributed by atoms with E-state index in [2.05, 4.69) is 15.3 Å². The molecule has 1 fully saturated rings. The molecular weight excluding hydrogens is 262 g/mol. The van der Waals surface area contributed by atoms with Gasteiger partial charge >= 0.3 is 5.69 Å². The summed E-state index contributed by atoms with van der Waals surface area (Å²) in [6.45, 7) is 2.41. The van der Waals surface area contributed by atoms with E-state index in [0.717, 1.165) is 32.5 Å². The van der Waals surface area contributed by atoms with Crippen LogP contribution in [0.4, 0.5) is 11.5 Å². The number of nitro groups is 1. The van der Waals surface area contributed by atoms with Gasteiger partial charge in [-0.1, -0.05) is 0 Å². The lowest BCUT2D eigenvalue weighted by molar-refractivity contribution is -0.385. The van der Waals surface area contributed by atoms with Crippen molar-refractivity contribution in [3.05, 3.63) is 16.4 Å². The van der Waals surface area contributed by atoms with Gasteiger partial charge < -0.3 is 15.0 Å². The molecule has 0 bridgehead atoms. The van der Waals surface area contributed by atoms with E-state index in [0.29, 0.717) is 11.7 Å². The van der Waals surface area contributed by atoms with Gasteiger partial charge in [0.05, 0.1) is 12.0 Å². The Kier molecular flexibility index (Phi) is 4.67. The average molecular weight is 281 g/mol. The molecule has 1 aromatic heterocycles. The van der Waals surface area contributed by atoms with E-state index in [1.54, 1.807) is 0 Å². The Morgan fingerprint density at radius 2 is 2.40 bits per heavy atom. The number of piperidine rings is 1. The molecule has 0 saturated carbocycles. The quantitative estimate of drug-likeness (QED) is 0.631. The molecular formula is C12H19N5O3. The maximum Gasteiger partial charge on any atom is 0.372 e. The van der Waals surface area contributed by atoms with E-state index in [1.807, 2.05) is 11.9 Å². The summed E-state index contributed by atoms with van der Waals surface area (Å²) < 4.78 is 4.98. The zero-order valence-electron chi connectivity index (χ0n) is 11.7. The lowest BCUT2D eigenvalue weighted by Crippen LogP contribution is -2.39. The van der Waals surface area contributed by atoms with Crippen molar-refractivity contribution in [3.8, 4) is 5.88 Å². The highest BCUT2D eigenvalue weighted by Gasteiger charge is 2.30. The number of hydrogen-bond donors (Lipinski definition) is 1. The second-order valence-corrected chi connectivity index (χ2v) is 4.82. The standard InChI is InChI=1S/C12H19N5O3/c1-13-6-9-4-3-5-16(7-9)11-10(17(18)19)12(20-2)15-8-14-11/h8-9,13H,3-7H2,1-2H3. The molecule has 1 aliphatic rings. The number of aromatic nitrogens is 2. The molecule has 110 valence electrons. The van der Waals surface area contributed by atoms with Gasteiger partial charge in [0.25, 0.3) is 5.88 Å². The van der Waals surface area contributed by atoms with Crippen LogP contribution in [0.1, 0.15) is 12.8 Å². The summed E-state index contributed by atoms with van der Waals surface area (Å²) in [5.74, 6) is 0.827. The highest BCUT2D eigenvalue weighted by Crippen LogP contribution is 2.34. The van der Waals surface area contributed by atoms with Crippen molar-refractivity contribution in [2.75, 3.05) is 38.7 Å². The van der Waals surface area contributed by atoms with Crippen LogP contribution in [0.5, 0.6) is 5.88 Å². The smallest absolute Gasteiger partial charge is 0.372 e. The molecule has 0 amide bonds. The molecule has 1 unspecified atom stereocenters. The molecule has 20 heavy (non-hydrogen) atoms. The van der Waals surface area contributed by atoms with E-state index >= 15 is 0 Å². The van der Waals surface area contributed by atoms with Crippen molar-refractivity contribution in [1.29, 1.82) is 0 Å². The number of nitrogens with zero attached hydrogens (tertiary/aromatic N) is 4. The minimum absolute atomic E-state index is 0.00994. The minimum Gasteiger partial charge on any atom is -0.476 e. The first-order valence-electron chi connectivity index (χ1n) is 6.60. The molecule has 0 aliphatic carbocycles. The van der Waals surface area contributed by atoms with Gasteiger partial charge in [-0.2, -0.15) is 4.98 Å². The maximum absolute atomic E-state index is 11.3. The Bertz CT molecular complexity index is 480. The third-order valence-corrected chi connectivity index (χ3v) is 3.46. The molecule has 8 heteroatoms. The Morgan fingerprint density at radius 3 is 3.05 bits per heavy atom. The zero-order valence-corrected chi connectivity index (χ0v) is 11.7. The van der Waals surface area contributed by atoms with Crippen LogP contribution in [0.3, 0.4) is 0 Å². The summed E-state index contributed by atoms with van der Waals surface area (Å²) in [5, 5.41) is 14.4. The molecule has 0 radical (unpaired) electrons. The van der Waals surface area contributed by atoms with Crippen molar-refractivity contribution in [2.24, 2.45) is 5.92 Å². The van der Waals surface area contributed by atoms with Gasteiger partial charge in [-0.15, -0.1) is 0 Å². The third kappa shape index (κ3) is 2.96. The Labute approximate surface area is 117 Å². The van der Waals surface area contributed by atoms with Crippen molar-refractivity contribution in [3.63, 3.8) is 0 Å². The Hall–Kier alpha value is -1.96. The van der Waals surface area contributed by atoms with Crippen LogP contribution in [0, 0.1) is 16.0 Å². The highest BCUT2D eigenvalue weighted by atomic mass is 16.6. The van der Waals surface area contributed by atoms with Crippen LogP contribution in [0.2, 0.25) is 0 Å². The molecule has 2 heterocycles. The third-order valence-electron chi connectivity index (χ3n) is 3.46. The number of anilines is 1. The van der Waals surface area contributed by atoms with Gasteiger partial charge in [0, 0.05) is 13.1 Å². The highest BCUT2D eigenvalue weighted by molar-refractivity contribution is 5.62. The number of ether oxygens (including phenoxy) is 1. The monoisotopic (exact) mass is 281 g/mol. The van der Waals surface area contributed by atoms with Gasteiger partial charge in [-0.3, -0.25) is 10.1 Å². The molecule has 1 aromatic rings. The summed E-state index contributed by atoms with van der Waals surface area (Å²) in [6, 6.07) is 0. The summed E-state index contributed by atoms with van der Waals surface area (Å²) in [7, 11) is 3.29.